The third kappa shape index (κ3) is 4.94. The topological polar surface area (TPSA) is 70.8 Å². The van der Waals surface area contributed by atoms with Gasteiger partial charge in [0.1, 0.15) is 6.61 Å². The van der Waals surface area contributed by atoms with Crippen molar-refractivity contribution >= 4 is 18.0 Å². The number of nitrogens with zero attached hydrogens (tertiary/aromatic N) is 4. The molecule has 1 heterocycles. The predicted octanol–water partition coefficient (Wildman–Crippen LogP) is 4.60. The molecule has 2 aromatic carbocycles. The Morgan fingerprint density at radius 2 is 1.73 bits per heavy atom. The van der Waals surface area contributed by atoms with Crippen molar-refractivity contribution in [2.45, 2.75) is 31.5 Å². The Morgan fingerprint density at radius 3 is 2.30 bits per heavy atom. The van der Waals surface area contributed by atoms with Crippen molar-refractivity contribution in [2.75, 3.05) is 20.5 Å². The van der Waals surface area contributed by atoms with Gasteiger partial charge in [-0.1, -0.05) is 55.9 Å². The van der Waals surface area contributed by atoms with Gasteiger partial charge in [-0.3, -0.25) is 0 Å². The molecule has 3 aromatic rings. The van der Waals surface area contributed by atoms with Crippen molar-refractivity contribution in [1.82, 2.24) is 14.9 Å². The molecule has 0 N–H and O–H groups in total. The van der Waals surface area contributed by atoms with Crippen molar-refractivity contribution in [3.05, 3.63) is 59.4 Å². The van der Waals surface area contributed by atoms with Crippen LogP contribution in [0.5, 0.6) is 17.2 Å². The monoisotopic (exact) mass is 426 g/mol. The molecule has 0 spiro atoms. The van der Waals surface area contributed by atoms with Crippen LogP contribution in [0.3, 0.4) is 0 Å². The van der Waals surface area contributed by atoms with Crippen LogP contribution in [-0.4, -0.2) is 41.6 Å². The predicted molar refractivity (Wildman–Crippen MR) is 119 cm³/mol. The summed E-state index contributed by atoms with van der Waals surface area (Å²) in [4.78, 5) is 0. The fraction of sp³-hybridized carbons (Fsp3) is 0.318. The van der Waals surface area contributed by atoms with E-state index < -0.39 is 0 Å². The van der Waals surface area contributed by atoms with Crippen LogP contribution in [0, 0.1) is 0 Å². The minimum absolute atomic E-state index is 0.202. The molecule has 7 nitrogen and oxygen atoms in total. The van der Waals surface area contributed by atoms with E-state index in [0.717, 1.165) is 22.1 Å². The lowest BCUT2D eigenvalue weighted by Gasteiger charge is -2.15. The molecule has 0 aliphatic carbocycles. The van der Waals surface area contributed by atoms with Crippen molar-refractivity contribution in [1.29, 1.82) is 0 Å². The summed E-state index contributed by atoms with van der Waals surface area (Å²) in [5, 5.41) is 13.8. The Morgan fingerprint density at radius 1 is 1.07 bits per heavy atom. The highest BCUT2D eigenvalue weighted by atomic mass is 32.2. The first-order valence-electron chi connectivity index (χ1n) is 9.53. The second-order valence-electron chi connectivity index (χ2n) is 6.78. The highest BCUT2D eigenvalue weighted by molar-refractivity contribution is 7.98. The third-order valence-electron chi connectivity index (χ3n) is 4.37. The lowest BCUT2D eigenvalue weighted by Crippen LogP contribution is -2.03. The Balaban J connectivity index is 1.90. The molecule has 0 unspecified atom stereocenters. The zero-order valence-electron chi connectivity index (χ0n) is 17.8. The molecular weight excluding hydrogens is 400 g/mol. The van der Waals surface area contributed by atoms with Crippen molar-refractivity contribution < 1.29 is 14.2 Å². The van der Waals surface area contributed by atoms with E-state index in [2.05, 4.69) is 29.1 Å². The van der Waals surface area contributed by atoms with Gasteiger partial charge in [0.15, 0.2) is 17.3 Å². The second-order valence-corrected chi connectivity index (χ2v) is 7.56. The molecular formula is C22H26N4O3S. The maximum absolute atomic E-state index is 6.01. The van der Waals surface area contributed by atoms with Crippen molar-refractivity contribution in [2.24, 2.45) is 5.10 Å². The molecule has 1 aromatic heterocycles. The zero-order valence-corrected chi connectivity index (χ0v) is 18.6. The normalized spacial score (nSPS) is 11.3. The molecule has 0 amide bonds. The summed E-state index contributed by atoms with van der Waals surface area (Å²) in [7, 11) is 3.21. The summed E-state index contributed by atoms with van der Waals surface area (Å²) in [6.07, 6.45) is 3.69. The van der Waals surface area contributed by atoms with Crippen LogP contribution in [0.1, 0.15) is 36.7 Å². The average Bonchev–Trinajstić information content (AvgIpc) is 3.20. The molecule has 30 heavy (non-hydrogen) atoms. The molecule has 0 fully saturated rings. The molecule has 0 radical (unpaired) electrons. The average molecular weight is 427 g/mol. The van der Waals surface area contributed by atoms with Crippen LogP contribution >= 0.6 is 11.8 Å². The van der Waals surface area contributed by atoms with Crippen molar-refractivity contribution in [3.8, 4) is 17.2 Å². The zero-order chi connectivity index (χ0) is 21.5. The van der Waals surface area contributed by atoms with Gasteiger partial charge in [0.2, 0.25) is 10.9 Å². The van der Waals surface area contributed by atoms with Crippen LogP contribution < -0.4 is 14.2 Å². The highest BCUT2D eigenvalue weighted by Gasteiger charge is 2.16. The van der Waals surface area contributed by atoms with Gasteiger partial charge in [-0.2, -0.15) is 9.78 Å². The summed E-state index contributed by atoms with van der Waals surface area (Å²) < 4.78 is 18.9. The van der Waals surface area contributed by atoms with E-state index in [-0.39, 0.29) is 5.92 Å². The minimum Gasteiger partial charge on any atom is -0.493 e. The SMILES string of the molecule is COc1cc(/C=N\n2c(SC)nnc2C(C)C)cc(OC)c1OCc1ccccc1. The molecule has 0 saturated heterocycles. The minimum atomic E-state index is 0.202. The smallest absolute Gasteiger partial charge is 0.211 e. The lowest BCUT2D eigenvalue weighted by molar-refractivity contribution is 0.266. The molecule has 8 heteroatoms. The van der Waals surface area contributed by atoms with E-state index in [1.165, 1.54) is 11.8 Å². The third-order valence-corrected chi connectivity index (χ3v) is 4.99. The summed E-state index contributed by atoms with van der Waals surface area (Å²) in [6, 6.07) is 13.7. The molecule has 0 atom stereocenters. The Hall–Kier alpha value is -3.00. The van der Waals surface area contributed by atoms with Crippen LogP contribution in [0.15, 0.2) is 52.7 Å². The second kappa shape index (κ2) is 10.2. The van der Waals surface area contributed by atoms with Gasteiger partial charge >= 0.3 is 0 Å². The van der Waals surface area contributed by atoms with E-state index in [9.17, 15) is 0 Å². The Kier molecular flexibility index (Phi) is 7.35. The largest absolute Gasteiger partial charge is 0.493 e. The quantitative estimate of drug-likeness (QED) is 0.368. The molecule has 0 saturated carbocycles. The van der Waals surface area contributed by atoms with E-state index >= 15 is 0 Å². The van der Waals surface area contributed by atoms with E-state index in [0.29, 0.717) is 23.9 Å². The summed E-state index contributed by atoms with van der Waals surface area (Å²) in [5.41, 5.74) is 1.87. The maximum Gasteiger partial charge on any atom is 0.211 e. The number of thioether (sulfide) groups is 1. The number of rotatable bonds is 9. The van der Waals surface area contributed by atoms with Crippen LogP contribution in [0.4, 0.5) is 0 Å². The van der Waals surface area contributed by atoms with Crippen LogP contribution in [-0.2, 0) is 6.61 Å². The molecule has 0 aliphatic heterocycles. The summed E-state index contributed by atoms with van der Waals surface area (Å²) >= 11 is 1.50. The van der Waals surface area contributed by atoms with E-state index in [1.807, 2.05) is 48.7 Å². The number of hydrogen-bond donors (Lipinski definition) is 0. The number of ether oxygens (including phenoxy) is 3. The van der Waals surface area contributed by atoms with E-state index in [1.54, 1.807) is 25.1 Å². The first kappa shape index (κ1) is 21.7. The van der Waals surface area contributed by atoms with Crippen LogP contribution in [0.2, 0.25) is 0 Å². The molecule has 3 rings (SSSR count). The Bertz CT molecular complexity index is 978. The Labute approximate surface area is 181 Å². The summed E-state index contributed by atoms with van der Waals surface area (Å²) in [6.45, 7) is 4.53. The number of aromatic nitrogens is 3. The maximum atomic E-state index is 6.01. The fourth-order valence-corrected chi connectivity index (χ4v) is 3.28. The standard InChI is InChI=1S/C22H26N4O3S/c1-15(2)21-24-25-22(30-5)26(21)23-13-17-11-18(27-3)20(19(12-17)28-4)29-14-16-9-7-6-8-10-16/h6-13,15H,14H2,1-5H3/b23-13-. The van der Waals surface area contributed by atoms with Crippen molar-refractivity contribution in [3.63, 3.8) is 0 Å². The van der Waals surface area contributed by atoms with Gasteiger partial charge in [0.05, 0.1) is 20.4 Å². The number of methoxy groups -OCH3 is 2. The molecule has 158 valence electrons. The van der Waals surface area contributed by atoms with Gasteiger partial charge in [-0.15, -0.1) is 10.2 Å². The molecule has 0 bridgehead atoms. The first-order chi connectivity index (χ1) is 14.6. The van der Waals surface area contributed by atoms with Gasteiger partial charge in [0.25, 0.3) is 0 Å². The fourth-order valence-electron chi connectivity index (χ4n) is 2.84. The van der Waals surface area contributed by atoms with Crippen LogP contribution in [0.25, 0.3) is 0 Å². The number of benzene rings is 2. The van der Waals surface area contributed by atoms with Gasteiger partial charge in [0, 0.05) is 11.5 Å². The lowest BCUT2D eigenvalue weighted by atomic mass is 10.2. The highest BCUT2D eigenvalue weighted by Crippen LogP contribution is 2.38. The van der Waals surface area contributed by atoms with E-state index in [4.69, 9.17) is 14.2 Å². The van der Waals surface area contributed by atoms with Gasteiger partial charge < -0.3 is 14.2 Å². The first-order valence-corrected chi connectivity index (χ1v) is 10.8. The van der Waals surface area contributed by atoms with Gasteiger partial charge in [-0.05, 0) is 24.0 Å². The summed E-state index contributed by atoms with van der Waals surface area (Å²) in [5.74, 6) is 2.71. The van der Waals surface area contributed by atoms with Gasteiger partial charge in [-0.25, -0.2) is 0 Å². The number of hydrogen-bond acceptors (Lipinski definition) is 7. The molecule has 0 aliphatic rings.